The van der Waals surface area contributed by atoms with Crippen molar-refractivity contribution < 1.29 is 18.3 Å². The normalized spacial score (nSPS) is 12.5. The molecule has 0 spiro atoms. The van der Waals surface area contributed by atoms with Gasteiger partial charge in [-0.1, -0.05) is 29.3 Å². The van der Waals surface area contributed by atoms with E-state index >= 15 is 0 Å². The molecule has 2 rings (SSSR count). The lowest BCUT2D eigenvalue weighted by atomic mass is 10.0. The van der Waals surface area contributed by atoms with Crippen LogP contribution in [0.2, 0.25) is 10.0 Å². The Kier molecular flexibility index (Phi) is 4.58. The summed E-state index contributed by atoms with van der Waals surface area (Å²) in [6.07, 6.45) is -1.50. The van der Waals surface area contributed by atoms with Crippen molar-refractivity contribution in [3.05, 3.63) is 69.0 Å². The highest BCUT2D eigenvalue weighted by atomic mass is 35.5. The van der Waals surface area contributed by atoms with Gasteiger partial charge in [0, 0.05) is 28.1 Å². The van der Waals surface area contributed by atoms with Crippen LogP contribution in [0.15, 0.2) is 30.3 Å². The molecule has 1 unspecified atom stereocenters. The van der Waals surface area contributed by atoms with Crippen molar-refractivity contribution in [1.82, 2.24) is 0 Å². The molecular weight excluding hydrogens is 312 g/mol. The van der Waals surface area contributed by atoms with Gasteiger partial charge < -0.3 is 5.11 Å². The maximum absolute atomic E-state index is 13.6. The van der Waals surface area contributed by atoms with E-state index in [1.165, 1.54) is 0 Å². The highest BCUT2D eigenvalue weighted by molar-refractivity contribution is 6.35. The molecule has 0 fully saturated rings. The van der Waals surface area contributed by atoms with E-state index in [-0.39, 0.29) is 12.0 Å². The van der Waals surface area contributed by atoms with E-state index in [2.05, 4.69) is 0 Å². The monoisotopic (exact) mass is 320 g/mol. The average Bonchev–Trinajstić information content (AvgIpc) is 2.38. The highest BCUT2D eigenvalue weighted by Gasteiger charge is 2.19. The van der Waals surface area contributed by atoms with E-state index in [0.717, 1.165) is 0 Å². The summed E-state index contributed by atoms with van der Waals surface area (Å²) in [4.78, 5) is 0. The number of rotatable bonds is 3. The van der Waals surface area contributed by atoms with Gasteiger partial charge in [0.25, 0.3) is 0 Å². The molecule has 106 valence electrons. The SMILES string of the molecule is OC(Cc1c(Cl)cccc1Cl)c1cc(F)c(F)cc1F. The molecule has 2 aromatic carbocycles. The predicted molar refractivity (Wildman–Crippen MR) is 71.4 cm³/mol. The van der Waals surface area contributed by atoms with Crippen LogP contribution in [-0.2, 0) is 6.42 Å². The van der Waals surface area contributed by atoms with Crippen LogP contribution in [0.25, 0.3) is 0 Å². The molecule has 1 N–H and O–H groups in total. The third-order valence-corrected chi connectivity index (χ3v) is 3.57. The topological polar surface area (TPSA) is 20.2 Å². The van der Waals surface area contributed by atoms with Crippen LogP contribution in [0.4, 0.5) is 13.2 Å². The van der Waals surface area contributed by atoms with Gasteiger partial charge in [0.2, 0.25) is 0 Å². The summed E-state index contributed by atoms with van der Waals surface area (Å²) in [5.41, 5.74) is 0.0624. The van der Waals surface area contributed by atoms with Crippen LogP contribution in [0.3, 0.4) is 0 Å². The number of aliphatic hydroxyl groups is 1. The lowest BCUT2D eigenvalue weighted by Crippen LogP contribution is -2.07. The summed E-state index contributed by atoms with van der Waals surface area (Å²) in [5.74, 6) is -3.57. The highest BCUT2D eigenvalue weighted by Crippen LogP contribution is 2.30. The van der Waals surface area contributed by atoms with Crippen molar-refractivity contribution >= 4 is 23.2 Å². The van der Waals surface area contributed by atoms with Gasteiger partial charge in [0.1, 0.15) is 5.82 Å². The zero-order valence-electron chi connectivity index (χ0n) is 10.0. The number of hydrogen-bond acceptors (Lipinski definition) is 1. The quantitative estimate of drug-likeness (QED) is 0.814. The van der Waals surface area contributed by atoms with E-state index in [4.69, 9.17) is 23.2 Å². The smallest absolute Gasteiger partial charge is 0.161 e. The largest absolute Gasteiger partial charge is 0.388 e. The molecule has 0 radical (unpaired) electrons. The van der Waals surface area contributed by atoms with E-state index in [9.17, 15) is 18.3 Å². The summed E-state index contributed by atoms with van der Waals surface area (Å²) >= 11 is 11.9. The van der Waals surface area contributed by atoms with E-state index in [1.807, 2.05) is 0 Å². The molecule has 1 nitrogen and oxygen atoms in total. The second kappa shape index (κ2) is 6.04. The molecule has 0 aliphatic rings. The first-order valence-electron chi connectivity index (χ1n) is 5.65. The minimum absolute atomic E-state index is 0.111. The van der Waals surface area contributed by atoms with Crippen molar-refractivity contribution in [2.75, 3.05) is 0 Å². The minimum Gasteiger partial charge on any atom is -0.388 e. The van der Waals surface area contributed by atoms with Gasteiger partial charge in [-0.25, -0.2) is 13.2 Å². The van der Waals surface area contributed by atoms with Crippen LogP contribution >= 0.6 is 23.2 Å². The number of benzene rings is 2. The molecule has 0 saturated heterocycles. The lowest BCUT2D eigenvalue weighted by Gasteiger charge is -2.14. The molecule has 0 amide bonds. The standard InChI is InChI=1S/C14H9Cl2F3O/c15-9-2-1-3-10(16)7(9)5-14(20)8-4-12(18)13(19)6-11(8)17/h1-4,6,14,20H,5H2. The summed E-state index contributed by atoms with van der Waals surface area (Å²) < 4.78 is 39.5. The Labute approximate surface area is 123 Å². The van der Waals surface area contributed by atoms with Crippen molar-refractivity contribution in [2.24, 2.45) is 0 Å². The number of hydrogen-bond donors (Lipinski definition) is 1. The molecule has 2 aromatic rings. The van der Waals surface area contributed by atoms with Crippen molar-refractivity contribution in [1.29, 1.82) is 0 Å². The molecule has 0 aliphatic heterocycles. The third kappa shape index (κ3) is 3.08. The summed E-state index contributed by atoms with van der Waals surface area (Å²) in [6.45, 7) is 0. The molecular formula is C14H9Cl2F3O. The Bertz CT molecular complexity index is 626. The van der Waals surface area contributed by atoms with Crippen molar-refractivity contribution in [3.63, 3.8) is 0 Å². The Morgan fingerprint density at radius 3 is 2.10 bits per heavy atom. The Morgan fingerprint density at radius 2 is 1.50 bits per heavy atom. The predicted octanol–water partition coefficient (Wildman–Crippen LogP) is 4.69. The van der Waals surface area contributed by atoms with Gasteiger partial charge in [-0.05, 0) is 23.8 Å². The zero-order chi connectivity index (χ0) is 14.9. The fourth-order valence-corrected chi connectivity index (χ4v) is 2.38. The molecule has 0 aromatic heterocycles. The van der Waals surface area contributed by atoms with Gasteiger partial charge in [0.15, 0.2) is 11.6 Å². The molecule has 0 aliphatic carbocycles. The lowest BCUT2D eigenvalue weighted by molar-refractivity contribution is 0.173. The fraction of sp³-hybridized carbons (Fsp3) is 0.143. The Balaban J connectivity index is 2.33. The van der Waals surface area contributed by atoms with Gasteiger partial charge in [-0.15, -0.1) is 0 Å². The average molecular weight is 321 g/mol. The second-order valence-electron chi connectivity index (χ2n) is 4.21. The van der Waals surface area contributed by atoms with E-state index in [1.54, 1.807) is 18.2 Å². The van der Waals surface area contributed by atoms with Crippen LogP contribution in [-0.4, -0.2) is 5.11 Å². The van der Waals surface area contributed by atoms with Crippen LogP contribution in [0.5, 0.6) is 0 Å². The minimum atomic E-state index is -1.39. The Hall–Kier alpha value is -1.23. The molecule has 0 bridgehead atoms. The van der Waals surface area contributed by atoms with Crippen LogP contribution in [0, 0.1) is 17.5 Å². The molecule has 1 atom stereocenters. The Morgan fingerprint density at radius 1 is 0.950 bits per heavy atom. The van der Waals surface area contributed by atoms with Gasteiger partial charge in [0.05, 0.1) is 6.10 Å². The first kappa shape index (κ1) is 15.2. The van der Waals surface area contributed by atoms with Gasteiger partial charge in [-0.2, -0.15) is 0 Å². The van der Waals surface area contributed by atoms with Gasteiger partial charge >= 0.3 is 0 Å². The van der Waals surface area contributed by atoms with E-state index in [0.29, 0.717) is 27.7 Å². The summed E-state index contributed by atoms with van der Waals surface area (Å²) in [5, 5.41) is 10.6. The first-order valence-corrected chi connectivity index (χ1v) is 6.41. The zero-order valence-corrected chi connectivity index (χ0v) is 11.5. The van der Waals surface area contributed by atoms with Crippen molar-refractivity contribution in [2.45, 2.75) is 12.5 Å². The summed E-state index contributed by atoms with van der Waals surface area (Å²) in [6, 6.07) is 5.77. The van der Waals surface area contributed by atoms with Crippen molar-refractivity contribution in [3.8, 4) is 0 Å². The first-order chi connectivity index (χ1) is 9.40. The van der Waals surface area contributed by atoms with E-state index < -0.39 is 23.6 Å². The van der Waals surface area contributed by atoms with Crippen LogP contribution in [0.1, 0.15) is 17.2 Å². The van der Waals surface area contributed by atoms with Crippen LogP contribution < -0.4 is 0 Å². The molecule has 0 heterocycles. The number of halogens is 5. The fourth-order valence-electron chi connectivity index (χ4n) is 1.82. The summed E-state index contributed by atoms with van der Waals surface area (Å²) in [7, 11) is 0. The second-order valence-corrected chi connectivity index (χ2v) is 5.02. The maximum Gasteiger partial charge on any atom is 0.161 e. The maximum atomic E-state index is 13.6. The third-order valence-electron chi connectivity index (χ3n) is 2.86. The molecule has 20 heavy (non-hydrogen) atoms. The molecule has 6 heteroatoms. The van der Waals surface area contributed by atoms with Gasteiger partial charge in [-0.3, -0.25) is 0 Å². The number of aliphatic hydroxyl groups excluding tert-OH is 1. The molecule has 0 saturated carbocycles.